The summed E-state index contributed by atoms with van der Waals surface area (Å²) < 4.78 is 1.14. The van der Waals surface area contributed by atoms with Crippen molar-refractivity contribution in [2.45, 2.75) is 26.8 Å². The van der Waals surface area contributed by atoms with Crippen LogP contribution in [0.4, 0.5) is 0 Å². The summed E-state index contributed by atoms with van der Waals surface area (Å²) in [5.74, 6) is 0. The van der Waals surface area contributed by atoms with Crippen LogP contribution in [0.25, 0.3) is 10.6 Å². The lowest BCUT2D eigenvalue weighted by molar-refractivity contribution is 0.815. The smallest absolute Gasteiger partial charge is 0.123 e. The Kier molecular flexibility index (Phi) is 4.54. The molecule has 0 aliphatic rings. The molecule has 1 N–H and O–H groups in total. The molecule has 0 aliphatic heterocycles. The standard InChI is InChI=1S/C14H17BrN2S/c1-4-12-13(8-16-3)18-14(17-12)10-6-5-9(2)11(15)7-10/h5-7,16H,4,8H2,1-3H3. The fourth-order valence-electron chi connectivity index (χ4n) is 1.81. The van der Waals surface area contributed by atoms with Crippen molar-refractivity contribution in [3.8, 4) is 10.6 Å². The molecule has 0 radical (unpaired) electrons. The molecule has 0 amide bonds. The number of aromatic nitrogens is 1. The van der Waals surface area contributed by atoms with Crippen molar-refractivity contribution >= 4 is 27.3 Å². The van der Waals surface area contributed by atoms with Gasteiger partial charge in [-0.2, -0.15) is 0 Å². The maximum atomic E-state index is 4.75. The number of rotatable bonds is 4. The predicted molar refractivity (Wildman–Crippen MR) is 82.1 cm³/mol. The summed E-state index contributed by atoms with van der Waals surface area (Å²) in [6.07, 6.45) is 0.987. The van der Waals surface area contributed by atoms with Crippen molar-refractivity contribution in [2.24, 2.45) is 0 Å². The van der Waals surface area contributed by atoms with Crippen molar-refractivity contribution in [3.63, 3.8) is 0 Å². The van der Waals surface area contributed by atoms with E-state index in [1.165, 1.54) is 21.7 Å². The number of thiazole rings is 1. The lowest BCUT2D eigenvalue weighted by atomic mass is 10.1. The second kappa shape index (κ2) is 5.95. The number of nitrogens with zero attached hydrogens (tertiary/aromatic N) is 1. The van der Waals surface area contributed by atoms with E-state index in [0.29, 0.717) is 0 Å². The summed E-state index contributed by atoms with van der Waals surface area (Å²) >= 11 is 5.36. The highest BCUT2D eigenvalue weighted by Gasteiger charge is 2.11. The first-order valence-electron chi connectivity index (χ1n) is 6.05. The first-order chi connectivity index (χ1) is 8.65. The van der Waals surface area contributed by atoms with Crippen molar-refractivity contribution in [2.75, 3.05) is 7.05 Å². The van der Waals surface area contributed by atoms with Crippen LogP contribution in [0.5, 0.6) is 0 Å². The molecule has 0 fully saturated rings. The zero-order chi connectivity index (χ0) is 13.1. The van der Waals surface area contributed by atoms with Crippen LogP contribution in [0, 0.1) is 6.92 Å². The molecular weight excluding hydrogens is 308 g/mol. The van der Waals surface area contributed by atoms with Gasteiger partial charge in [-0.05, 0) is 32.0 Å². The second-order valence-corrected chi connectivity index (χ2v) is 6.17. The first kappa shape index (κ1) is 13.7. The maximum absolute atomic E-state index is 4.75. The normalized spacial score (nSPS) is 10.9. The topological polar surface area (TPSA) is 24.9 Å². The third-order valence-corrected chi connectivity index (χ3v) is 4.87. The van der Waals surface area contributed by atoms with Crippen LogP contribution in [0.15, 0.2) is 22.7 Å². The fourth-order valence-corrected chi connectivity index (χ4v) is 3.34. The Bertz CT molecular complexity index is 549. The van der Waals surface area contributed by atoms with Crippen LogP contribution in [-0.2, 0) is 13.0 Å². The van der Waals surface area contributed by atoms with Gasteiger partial charge in [-0.1, -0.05) is 35.0 Å². The lowest BCUT2D eigenvalue weighted by Gasteiger charge is -2.00. The zero-order valence-electron chi connectivity index (χ0n) is 10.9. The van der Waals surface area contributed by atoms with E-state index in [-0.39, 0.29) is 0 Å². The number of halogens is 1. The maximum Gasteiger partial charge on any atom is 0.123 e. The van der Waals surface area contributed by atoms with E-state index in [0.717, 1.165) is 22.4 Å². The third kappa shape index (κ3) is 2.82. The van der Waals surface area contributed by atoms with Gasteiger partial charge >= 0.3 is 0 Å². The average Bonchev–Trinajstić information content (AvgIpc) is 2.76. The summed E-state index contributed by atoms with van der Waals surface area (Å²) in [6.45, 7) is 5.15. The molecule has 2 aromatic rings. The van der Waals surface area contributed by atoms with Crippen LogP contribution in [-0.4, -0.2) is 12.0 Å². The molecule has 0 saturated carbocycles. The molecule has 0 bridgehead atoms. The van der Waals surface area contributed by atoms with Gasteiger partial charge in [-0.15, -0.1) is 11.3 Å². The molecular formula is C14H17BrN2S. The Morgan fingerprint density at radius 2 is 2.17 bits per heavy atom. The predicted octanol–water partition coefficient (Wildman–Crippen LogP) is 4.16. The summed E-state index contributed by atoms with van der Waals surface area (Å²) in [5.41, 5.74) is 3.65. The monoisotopic (exact) mass is 324 g/mol. The van der Waals surface area contributed by atoms with Crippen LogP contribution >= 0.6 is 27.3 Å². The van der Waals surface area contributed by atoms with E-state index in [4.69, 9.17) is 4.98 Å². The number of hydrogen-bond donors (Lipinski definition) is 1. The molecule has 0 unspecified atom stereocenters. The van der Waals surface area contributed by atoms with E-state index in [2.05, 4.69) is 53.3 Å². The minimum Gasteiger partial charge on any atom is -0.315 e. The first-order valence-corrected chi connectivity index (χ1v) is 7.66. The molecule has 1 aromatic heterocycles. The molecule has 18 heavy (non-hydrogen) atoms. The van der Waals surface area contributed by atoms with E-state index in [1.807, 2.05) is 7.05 Å². The Morgan fingerprint density at radius 3 is 2.78 bits per heavy atom. The fraction of sp³-hybridized carbons (Fsp3) is 0.357. The Balaban J connectivity index is 2.40. The van der Waals surface area contributed by atoms with E-state index >= 15 is 0 Å². The van der Waals surface area contributed by atoms with E-state index < -0.39 is 0 Å². The summed E-state index contributed by atoms with van der Waals surface area (Å²) in [5, 5.41) is 4.31. The van der Waals surface area contributed by atoms with Gasteiger partial charge in [0.05, 0.1) is 5.69 Å². The van der Waals surface area contributed by atoms with Crippen molar-refractivity contribution in [3.05, 3.63) is 38.8 Å². The highest BCUT2D eigenvalue weighted by atomic mass is 79.9. The summed E-state index contributed by atoms with van der Waals surface area (Å²) in [7, 11) is 1.97. The Labute approximate surface area is 121 Å². The SMILES string of the molecule is CCc1nc(-c2ccc(C)c(Br)c2)sc1CNC. The van der Waals surface area contributed by atoms with Gasteiger partial charge in [0.2, 0.25) is 0 Å². The van der Waals surface area contributed by atoms with E-state index in [1.54, 1.807) is 11.3 Å². The van der Waals surface area contributed by atoms with Gasteiger partial charge in [0.25, 0.3) is 0 Å². The molecule has 0 atom stereocenters. The number of benzene rings is 1. The molecule has 1 aromatic carbocycles. The molecule has 0 spiro atoms. The average molecular weight is 325 g/mol. The molecule has 2 nitrogen and oxygen atoms in total. The largest absolute Gasteiger partial charge is 0.315 e. The molecule has 0 aliphatic carbocycles. The highest BCUT2D eigenvalue weighted by Crippen LogP contribution is 2.31. The second-order valence-electron chi connectivity index (χ2n) is 4.24. The summed E-state index contributed by atoms with van der Waals surface area (Å²) in [4.78, 5) is 6.09. The van der Waals surface area contributed by atoms with Crippen molar-refractivity contribution < 1.29 is 0 Å². The number of nitrogens with one attached hydrogen (secondary N) is 1. The van der Waals surface area contributed by atoms with Gasteiger partial charge in [0.15, 0.2) is 0 Å². The molecule has 1 heterocycles. The zero-order valence-corrected chi connectivity index (χ0v) is 13.3. The van der Waals surface area contributed by atoms with Crippen LogP contribution in [0.3, 0.4) is 0 Å². The molecule has 0 saturated heterocycles. The highest BCUT2D eigenvalue weighted by molar-refractivity contribution is 9.10. The lowest BCUT2D eigenvalue weighted by Crippen LogP contribution is -2.05. The van der Waals surface area contributed by atoms with Gasteiger partial charge in [-0.25, -0.2) is 4.98 Å². The van der Waals surface area contributed by atoms with Gasteiger partial charge < -0.3 is 5.32 Å². The molecule has 4 heteroatoms. The van der Waals surface area contributed by atoms with Gasteiger partial charge in [-0.3, -0.25) is 0 Å². The summed E-state index contributed by atoms with van der Waals surface area (Å²) in [6, 6.07) is 6.42. The van der Waals surface area contributed by atoms with Gasteiger partial charge in [0.1, 0.15) is 5.01 Å². The number of aryl methyl sites for hydroxylation is 2. The van der Waals surface area contributed by atoms with Gasteiger partial charge in [0, 0.05) is 21.5 Å². The quantitative estimate of drug-likeness (QED) is 0.913. The molecule has 2 rings (SSSR count). The van der Waals surface area contributed by atoms with Crippen LogP contribution in [0.2, 0.25) is 0 Å². The van der Waals surface area contributed by atoms with Crippen molar-refractivity contribution in [1.82, 2.24) is 10.3 Å². The van der Waals surface area contributed by atoms with Crippen LogP contribution < -0.4 is 5.32 Å². The third-order valence-electron chi connectivity index (χ3n) is 2.87. The molecule has 96 valence electrons. The Morgan fingerprint density at radius 1 is 1.39 bits per heavy atom. The van der Waals surface area contributed by atoms with E-state index in [9.17, 15) is 0 Å². The minimum absolute atomic E-state index is 0.897. The number of hydrogen-bond acceptors (Lipinski definition) is 3. The Hall–Kier alpha value is -0.710. The van der Waals surface area contributed by atoms with Crippen LogP contribution in [0.1, 0.15) is 23.1 Å². The van der Waals surface area contributed by atoms with Crippen molar-refractivity contribution in [1.29, 1.82) is 0 Å². The minimum atomic E-state index is 0.897.